The van der Waals surface area contributed by atoms with Crippen molar-refractivity contribution < 1.29 is 9.53 Å². The van der Waals surface area contributed by atoms with E-state index in [1.165, 1.54) is 0 Å². The third-order valence-corrected chi connectivity index (χ3v) is 7.75. The first-order chi connectivity index (χ1) is 21.4. The van der Waals surface area contributed by atoms with Crippen molar-refractivity contribution in [3.63, 3.8) is 0 Å². The van der Waals surface area contributed by atoms with Crippen LogP contribution in [-0.4, -0.2) is 56.2 Å². The van der Waals surface area contributed by atoms with Gasteiger partial charge in [-0.3, -0.25) is 14.9 Å². The number of H-pyrrole nitrogens is 2. The van der Waals surface area contributed by atoms with Crippen molar-refractivity contribution in [1.29, 1.82) is 0 Å². The molecule has 5 aromatic rings. The molecule has 1 aromatic carbocycles. The van der Waals surface area contributed by atoms with Crippen molar-refractivity contribution in [3.05, 3.63) is 84.5 Å². The van der Waals surface area contributed by atoms with Gasteiger partial charge in [-0.1, -0.05) is 30.4 Å². The monoisotopic (exact) mass is 588 g/mol. The maximum absolute atomic E-state index is 12.8. The number of methoxy groups -OCH3 is 1. The SMILES string of the molecule is C=C(C)/C=C(\C=C(/C)NC(=O)CC1CCNCC1)c1ccc2[nH]nc(-c3nc4c(-c5cccc(OC)c5)cncc4[nH]3)c2n1. The number of carbonyl (C=O) groups excluding carboxylic acids is 1. The summed E-state index contributed by atoms with van der Waals surface area (Å²) in [5, 5.41) is 14.1. The fourth-order valence-corrected chi connectivity index (χ4v) is 5.62. The highest BCUT2D eigenvalue weighted by Gasteiger charge is 2.19. The van der Waals surface area contributed by atoms with E-state index in [2.05, 4.69) is 37.4 Å². The second-order valence-corrected chi connectivity index (χ2v) is 11.3. The Labute approximate surface area is 255 Å². The summed E-state index contributed by atoms with van der Waals surface area (Å²) in [7, 11) is 1.65. The largest absolute Gasteiger partial charge is 0.497 e. The fourth-order valence-electron chi connectivity index (χ4n) is 5.62. The first-order valence-electron chi connectivity index (χ1n) is 14.8. The lowest BCUT2D eigenvalue weighted by atomic mass is 9.94. The van der Waals surface area contributed by atoms with Crippen LogP contribution in [0.3, 0.4) is 0 Å². The molecule has 0 bridgehead atoms. The number of nitrogens with zero attached hydrogens (tertiary/aromatic N) is 4. The van der Waals surface area contributed by atoms with Crippen molar-refractivity contribution in [3.8, 4) is 28.4 Å². The lowest BCUT2D eigenvalue weighted by Crippen LogP contribution is -2.31. The summed E-state index contributed by atoms with van der Waals surface area (Å²) in [6.07, 6.45) is 10.0. The van der Waals surface area contributed by atoms with E-state index < -0.39 is 0 Å². The van der Waals surface area contributed by atoms with E-state index in [1.54, 1.807) is 19.5 Å². The number of amides is 1. The Balaban J connectivity index is 1.32. The number of ether oxygens (including phenoxy) is 1. The first kappa shape index (κ1) is 29.0. The fraction of sp³-hybridized carbons (Fsp3) is 0.265. The van der Waals surface area contributed by atoms with Crippen molar-refractivity contribution >= 4 is 33.5 Å². The maximum atomic E-state index is 12.8. The smallest absolute Gasteiger partial charge is 0.224 e. The topological polar surface area (TPSA) is 134 Å². The summed E-state index contributed by atoms with van der Waals surface area (Å²) in [5.74, 6) is 1.79. The molecule has 1 saturated heterocycles. The van der Waals surface area contributed by atoms with Gasteiger partial charge in [-0.2, -0.15) is 5.10 Å². The van der Waals surface area contributed by atoms with Crippen LogP contribution in [0.1, 0.15) is 38.8 Å². The molecule has 0 radical (unpaired) electrons. The number of fused-ring (bicyclic) bond motifs is 2. The number of nitrogens with one attached hydrogen (secondary N) is 4. The maximum Gasteiger partial charge on any atom is 0.224 e. The summed E-state index contributed by atoms with van der Waals surface area (Å²) in [5.41, 5.74) is 8.62. The molecule has 0 unspecified atom stereocenters. The molecule has 44 heavy (non-hydrogen) atoms. The minimum Gasteiger partial charge on any atom is -0.497 e. The molecule has 5 heterocycles. The van der Waals surface area contributed by atoms with Crippen LogP contribution in [-0.2, 0) is 4.79 Å². The molecule has 1 aliphatic heterocycles. The molecule has 0 saturated carbocycles. The summed E-state index contributed by atoms with van der Waals surface area (Å²) >= 11 is 0. The predicted molar refractivity (Wildman–Crippen MR) is 174 cm³/mol. The van der Waals surface area contributed by atoms with Crippen molar-refractivity contribution in [2.45, 2.75) is 33.1 Å². The first-order valence-corrected chi connectivity index (χ1v) is 14.8. The molecule has 4 aromatic heterocycles. The number of aromatic nitrogens is 6. The zero-order valence-corrected chi connectivity index (χ0v) is 25.2. The highest BCUT2D eigenvalue weighted by molar-refractivity contribution is 5.96. The lowest BCUT2D eigenvalue weighted by molar-refractivity contribution is -0.121. The molecule has 1 amide bonds. The van der Waals surface area contributed by atoms with Gasteiger partial charge in [0.1, 0.15) is 11.3 Å². The van der Waals surface area contributed by atoms with E-state index in [0.717, 1.165) is 81.9 Å². The molecular formula is C34H36N8O2. The van der Waals surface area contributed by atoms with Crippen LogP contribution in [0.2, 0.25) is 0 Å². The van der Waals surface area contributed by atoms with E-state index in [-0.39, 0.29) is 5.91 Å². The Morgan fingerprint density at radius 2 is 1.91 bits per heavy atom. The third kappa shape index (κ3) is 6.30. The average molecular weight is 589 g/mol. The number of aromatic amines is 2. The molecule has 224 valence electrons. The van der Waals surface area contributed by atoms with Gasteiger partial charge in [0.15, 0.2) is 11.5 Å². The Kier molecular flexibility index (Phi) is 8.33. The van der Waals surface area contributed by atoms with Crippen LogP contribution in [0, 0.1) is 5.92 Å². The molecule has 6 rings (SSSR count). The normalized spacial score (nSPS) is 14.7. The summed E-state index contributed by atoms with van der Waals surface area (Å²) in [6.45, 7) is 9.85. The van der Waals surface area contributed by atoms with Gasteiger partial charge in [0.05, 0.1) is 35.6 Å². The predicted octanol–water partition coefficient (Wildman–Crippen LogP) is 5.94. The molecule has 4 N–H and O–H groups in total. The van der Waals surface area contributed by atoms with Crippen LogP contribution in [0.15, 0.2) is 78.8 Å². The van der Waals surface area contributed by atoms with E-state index in [1.807, 2.05) is 62.4 Å². The molecule has 0 spiro atoms. The molecule has 0 aliphatic carbocycles. The van der Waals surface area contributed by atoms with Gasteiger partial charge in [0, 0.05) is 29.5 Å². The van der Waals surface area contributed by atoms with Gasteiger partial charge in [0.2, 0.25) is 5.91 Å². The highest BCUT2D eigenvalue weighted by atomic mass is 16.5. The number of hydrogen-bond acceptors (Lipinski definition) is 7. The zero-order valence-electron chi connectivity index (χ0n) is 25.2. The number of hydrogen-bond donors (Lipinski definition) is 4. The van der Waals surface area contributed by atoms with Crippen LogP contribution < -0.4 is 15.4 Å². The van der Waals surface area contributed by atoms with Crippen LogP contribution in [0.5, 0.6) is 5.75 Å². The number of benzene rings is 1. The van der Waals surface area contributed by atoms with E-state index in [4.69, 9.17) is 14.7 Å². The second-order valence-electron chi connectivity index (χ2n) is 11.3. The zero-order chi connectivity index (χ0) is 30.6. The summed E-state index contributed by atoms with van der Waals surface area (Å²) in [4.78, 5) is 30.5. The molecular weight excluding hydrogens is 552 g/mol. The molecule has 0 atom stereocenters. The number of rotatable bonds is 9. The number of allylic oxidation sites excluding steroid dienone is 5. The number of piperidine rings is 1. The van der Waals surface area contributed by atoms with Crippen LogP contribution in [0.25, 0.3) is 50.3 Å². The number of imidazole rings is 1. The Bertz CT molecular complexity index is 1910. The van der Waals surface area contributed by atoms with Gasteiger partial charge >= 0.3 is 0 Å². The van der Waals surface area contributed by atoms with Gasteiger partial charge in [-0.15, -0.1) is 0 Å². The minimum atomic E-state index is 0.0357. The molecule has 10 nitrogen and oxygen atoms in total. The van der Waals surface area contributed by atoms with E-state index in [9.17, 15) is 4.79 Å². The number of pyridine rings is 2. The van der Waals surface area contributed by atoms with E-state index in [0.29, 0.717) is 29.4 Å². The molecule has 1 fully saturated rings. The van der Waals surface area contributed by atoms with Crippen LogP contribution in [0.4, 0.5) is 0 Å². The van der Waals surface area contributed by atoms with E-state index >= 15 is 0 Å². The standard InChI is InChI=1S/C34H36N8O2/c1-20(2)14-24(15-21(3)37-30(43)16-22-10-12-35-13-11-22)27-8-9-28-32(38-27)33(42-41-28)34-39-29-19-36-18-26(31(29)40-34)23-6-5-7-25(17-23)44-4/h5-9,14-15,17-19,22,35H,1,10-13,16H2,2-4H3,(H,37,43)(H,39,40)(H,41,42)/b21-15+,24-14+. The van der Waals surface area contributed by atoms with Gasteiger partial charge in [-0.05, 0) is 81.6 Å². The lowest BCUT2D eigenvalue weighted by Gasteiger charge is -2.22. The Hall–Kier alpha value is -5.09. The molecule has 1 aliphatic rings. The van der Waals surface area contributed by atoms with Gasteiger partial charge in [0.25, 0.3) is 0 Å². The quantitative estimate of drug-likeness (QED) is 0.157. The van der Waals surface area contributed by atoms with Gasteiger partial charge in [-0.25, -0.2) is 9.97 Å². The Morgan fingerprint density at radius 3 is 2.70 bits per heavy atom. The summed E-state index contributed by atoms with van der Waals surface area (Å²) < 4.78 is 5.42. The van der Waals surface area contributed by atoms with Crippen molar-refractivity contribution in [2.24, 2.45) is 5.92 Å². The average Bonchev–Trinajstić information content (AvgIpc) is 3.64. The number of carbonyl (C=O) groups is 1. The van der Waals surface area contributed by atoms with Crippen molar-refractivity contribution in [2.75, 3.05) is 20.2 Å². The highest BCUT2D eigenvalue weighted by Crippen LogP contribution is 2.32. The third-order valence-electron chi connectivity index (χ3n) is 7.75. The van der Waals surface area contributed by atoms with Crippen molar-refractivity contribution in [1.82, 2.24) is 40.8 Å². The van der Waals surface area contributed by atoms with Gasteiger partial charge < -0.3 is 20.4 Å². The summed E-state index contributed by atoms with van der Waals surface area (Å²) in [6, 6.07) is 11.7. The second kappa shape index (κ2) is 12.6. The minimum absolute atomic E-state index is 0.0357. The molecule has 10 heteroatoms. The Morgan fingerprint density at radius 1 is 1.07 bits per heavy atom. The van der Waals surface area contributed by atoms with Crippen LogP contribution >= 0.6 is 0 Å².